The Morgan fingerprint density at radius 1 is 1.47 bits per heavy atom. The highest BCUT2D eigenvalue weighted by Crippen LogP contribution is 2.15. The van der Waals surface area contributed by atoms with Gasteiger partial charge in [0.25, 0.3) is 0 Å². The maximum atomic E-state index is 11.2. The van der Waals surface area contributed by atoms with Crippen LogP contribution in [0.25, 0.3) is 0 Å². The van der Waals surface area contributed by atoms with Gasteiger partial charge in [0.1, 0.15) is 0 Å². The summed E-state index contributed by atoms with van der Waals surface area (Å²) in [5.41, 5.74) is 6.28. The third-order valence-electron chi connectivity index (χ3n) is 1.77. The fraction of sp³-hybridized carbons (Fsp3) is 0.200. The van der Waals surface area contributed by atoms with Crippen molar-refractivity contribution in [2.75, 3.05) is 0 Å². The van der Waals surface area contributed by atoms with Crippen LogP contribution < -0.4 is 11.1 Å². The summed E-state index contributed by atoms with van der Waals surface area (Å²) in [6, 6.07) is 7.70. The zero-order valence-electron chi connectivity index (χ0n) is 8.00. The van der Waals surface area contributed by atoms with Crippen LogP contribution in [-0.2, 0) is 11.3 Å². The molecular formula is C10H11BrN2OS. The molecule has 3 nitrogen and oxygen atoms in total. The van der Waals surface area contributed by atoms with E-state index in [1.165, 1.54) is 0 Å². The van der Waals surface area contributed by atoms with Crippen molar-refractivity contribution in [3.8, 4) is 0 Å². The molecule has 15 heavy (non-hydrogen) atoms. The number of nitrogens with two attached hydrogens (primary N) is 1. The van der Waals surface area contributed by atoms with Gasteiger partial charge in [-0.15, -0.1) is 0 Å². The fourth-order valence-electron chi connectivity index (χ4n) is 1.06. The van der Waals surface area contributed by atoms with E-state index in [4.69, 9.17) is 5.73 Å². The average molecular weight is 287 g/mol. The zero-order valence-corrected chi connectivity index (χ0v) is 10.4. The first-order valence-electron chi connectivity index (χ1n) is 4.38. The molecule has 0 aromatic heterocycles. The first-order valence-corrected chi connectivity index (χ1v) is 5.58. The van der Waals surface area contributed by atoms with Gasteiger partial charge in [-0.2, -0.15) is 0 Å². The number of carbonyl (C=O) groups excluding carboxylic acids is 1. The lowest BCUT2D eigenvalue weighted by atomic mass is 10.2. The summed E-state index contributed by atoms with van der Waals surface area (Å²) in [5, 5.41) is 2.73. The third-order valence-corrected chi connectivity index (χ3v) is 2.69. The van der Waals surface area contributed by atoms with E-state index in [0.29, 0.717) is 6.54 Å². The lowest BCUT2D eigenvalue weighted by Gasteiger charge is -2.06. The summed E-state index contributed by atoms with van der Waals surface area (Å²) >= 11 is 8.03. The second-order valence-corrected chi connectivity index (χ2v) is 4.39. The SMILES string of the molecule is NC(=S)CC(=O)NCc1ccccc1Br. The van der Waals surface area contributed by atoms with Gasteiger partial charge in [0.05, 0.1) is 11.4 Å². The summed E-state index contributed by atoms with van der Waals surface area (Å²) in [6.07, 6.45) is 0.0970. The number of hydrogen-bond acceptors (Lipinski definition) is 2. The fourth-order valence-corrected chi connectivity index (χ4v) is 1.61. The number of benzene rings is 1. The Hall–Kier alpha value is -0.940. The molecule has 0 radical (unpaired) electrons. The molecule has 3 N–H and O–H groups in total. The molecule has 1 aromatic rings. The standard InChI is InChI=1S/C10H11BrN2OS/c11-8-4-2-1-3-7(8)6-13-10(14)5-9(12)15/h1-4H,5-6H2,(H2,12,15)(H,13,14). The van der Waals surface area contributed by atoms with E-state index < -0.39 is 0 Å². The maximum absolute atomic E-state index is 11.2. The van der Waals surface area contributed by atoms with Gasteiger partial charge in [-0.25, -0.2) is 0 Å². The second-order valence-electron chi connectivity index (χ2n) is 3.01. The Morgan fingerprint density at radius 3 is 2.73 bits per heavy atom. The summed E-state index contributed by atoms with van der Waals surface area (Å²) in [6.45, 7) is 0.475. The molecule has 0 fully saturated rings. The Labute approximate surface area is 102 Å². The van der Waals surface area contributed by atoms with Crippen molar-refractivity contribution >= 4 is 39.0 Å². The summed E-state index contributed by atoms with van der Waals surface area (Å²) < 4.78 is 0.973. The van der Waals surface area contributed by atoms with Crippen molar-refractivity contribution in [2.45, 2.75) is 13.0 Å². The summed E-state index contributed by atoms with van der Waals surface area (Å²) in [7, 11) is 0. The van der Waals surface area contributed by atoms with Gasteiger partial charge in [-0.05, 0) is 11.6 Å². The van der Waals surface area contributed by atoms with Crippen LogP contribution in [-0.4, -0.2) is 10.9 Å². The van der Waals surface area contributed by atoms with Gasteiger partial charge in [0.2, 0.25) is 5.91 Å². The number of halogens is 1. The first-order chi connectivity index (χ1) is 7.09. The van der Waals surface area contributed by atoms with Gasteiger partial charge in [-0.1, -0.05) is 46.3 Å². The molecule has 0 spiro atoms. The van der Waals surface area contributed by atoms with E-state index in [1.807, 2.05) is 24.3 Å². The zero-order chi connectivity index (χ0) is 11.3. The molecular weight excluding hydrogens is 276 g/mol. The van der Waals surface area contributed by atoms with E-state index in [9.17, 15) is 4.79 Å². The third kappa shape index (κ3) is 4.40. The summed E-state index contributed by atoms with van der Waals surface area (Å²) in [4.78, 5) is 11.5. The van der Waals surface area contributed by atoms with Gasteiger partial charge < -0.3 is 11.1 Å². The Morgan fingerprint density at radius 2 is 2.13 bits per heavy atom. The quantitative estimate of drug-likeness (QED) is 0.829. The Balaban J connectivity index is 2.47. The second kappa shape index (κ2) is 5.82. The highest BCUT2D eigenvalue weighted by Gasteiger charge is 2.04. The predicted molar refractivity (Wildman–Crippen MR) is 67.4 cm³/mol. The highest BCUT2D eigenvalue weighted by atomic mass is 79.9. The molecule has 0 bridgehead atoms. The van der Waals surface area contributed by atoms with Crippen molar-refractivity contribution in [3.63, 3.8) is 0 Å². The van der Waals surface area contributed by atoms with E-state index >= 15 is 0 Å². The first kappa shape index (κ1) is 12.1. The van der Waals surface area contributed by atoms with Crippen LogP contribution in [0, 0.1) is 0 Å². The van der Waals surface area contributed by atoms with Gasteiger partial charge in [-0.3, -0.25) is 4.79 Å². The number of rotatable bonds is 4. The Bertz CT molecular complexity index is 381. The minimum absolute atomic E-state index is 0.0970. The van der Waals surface area contributed by atoms with E-state index in [0.717, 1.165) is 10.0 Å². The number of amides is 1. The van der Waals surface area contributed by atoms with Crippen molar-refractivity contribution in [1.82, 2.24) is 5.32 Å². The molecule has 1 amide bonds. The van der Waals surface area contributed by atoms with E-state index in [1.54, 1.807) is 0 Å². The smallest absolute Gasteiger partial charge is 0.227 e. The van der Waals surface area contributed by atoms with Gasteiger partial charge in [0.15, 0.2) is 0 Å². The highest BCUT2D eigenvalue weighted by molar-refractivity contribution is 9.10. The molecule has 0 unspecified atom stereocenters. The topological polar surface area (TPSA) is 55.1 Å². The van der Waals surface area contributed by atoms with E-state index in [2.05, 4.69) is 33.5 Å². The number of hydrogen-bond donors (Lipinski definition) is 2. The predicted octanol–water partition coefficient (Wildman–Crippen LogP) is 1.74. The van der Waals surface area contributed by atoms with Crippen molar-refractivity contribution in [1.29, 1.82) is 0 Å². The lowest BCUT2D eigenvalue weighted by Crippen LogP contribution is -2.27. The van der Waals surface area contributed by atoms with Crippen LogP contribution in [0.2, 0.25) is 0 Å². The minimum atomic E-state index is -0.154. The molecule has 0 atom stereocenters. The minimum Gasteiger partial charge on any atom is -0.393 e. The lowest BCUT2D eigenvalue weighted by molar-refractivity contribution is -0.120. The van der Waals surface area contributed by atoms with Crippen LogP contribution in [0.4, 0.5) is 0 Å². The molecule has 0 saturated carbocycles. The van der Waals surface area contributed by atoms with Crippen molar-refractivity contribution in [2.24, 2.45) is 5.73 Å². The van der Waals surface area contributed by atoms with Gasteiger partial charge in [0, 0.05) is 11.0 Å². The number of thiocarbonyl (C=S) groups is 1. The molecule has 0 aliphatic heterocycles. The average Bonchev–Trinajstić information content (AvgIpc) is 2.15. The van der Waals surface area contributed by atoms with Gasteiger partial charge >= 0.3 is 0 Å². The number of nitrogens with one attached hydrogen (secondary N) is 1. The largest absolute Gasteiger partial charge is 0.393 e. The van der Waals surface area contributed by atoms with Crippen molar-refractivity contribution < 1.29 is 4.79 Å². The molecule has 1 aromatic carbocycles. The van der Waals surface area contributed by atoms with Crippen LogP contribution in [0.3, 0.4) is 0 Å². The molecule has 0 aliphatic carbocycles. The van der Waals surface area contributed by atoms with Crippen LogP contribution in [0.15, 0.2) is 28.7 Å². The summed E-state index contributed by atoms with van der Waals surface area (Å²) in [5.74, 6) is -0.154. The molecule has 5 heteroatoms. The van der Waals surface area contributed by atoms with Crippen molar-refractivity contribution in [3.05, 3.63) is 34.3 Å². The molecule has 0 aliphatic rings. The molecule has 80 valence electrons. The number of carbonyl (C=O) groups is 1. The molecule has 0 heterocycles. The monoisotopic (exact) mass is 286 g/mol. The molecule has 0 saturated heterocycles. The van der Waals surface area contributed by atoms with E-state index in [-0.39, 0.29) is 17.3 Å². The normalized spacial score (nSPS) is 9.67. The van der Waals surface area contributed by atoms with Crippen LogP contribution in [0.1, 0.15) is 12.0 Å². The molecule has 1 rings (SSSR count). The van der Waals surface area contributed by atoms with Crippen LogP contribution >= 0.6 is 28.1 Å². The maximum Gasteiger partial charge on any atom is 0.227 e. The Kier molecular flexibility index (Phi) is 4.71. The van der Waals surface area contributed by atoms with Crippen LogP contribution in [0.5, 0.6) is 0 Å².